The lowest BCUT2D eigenvalue weighted by atomic mass is 9.96. The van der Waals surface area contributed by atoms with Gasteiger partial charge in [0.05, 0.1) is 11.5 Å². The second kappa shape index (κ2) is 11.2. The molecule has 1 unspecified atom stereocenters. The Morgan fingerprint density at radius 2 is 1.90 bits per heavy atom. The monoisotopic (exact) mass is 374 g/mol. The zero-order valence-electron chi connectivity index (χ0n) is 13.2. The van der Waals surface area contributed by atoms with Gasteiger partial charge in [-0.1, -0.05) is 52.4 Å². The quantitative estimate of drug-likeness (QED) is 0.309. The number of hydrogen-bond donors (Lipinski definition) is 0. The molecule has 0 fully saturated rings. The van der Waals surface area contributed by atoms with Crippen LogP contribution in [-0.2, 0) is 0 Å². The fourth-order valence-electron chi connectivity index (χ4n) is 2.40. The molecule has 2 nitrogen and oxygen atoms in total. The lowest BCUT2D eigenvalue weighted by molar-refractivity contribution is 0.112. The molecular formula is C17H27BrO2S. The van der Waals surface area contributed by atoms with Crippen LogP contribution in [0.25, 0.3) is 0 Å². The maximum Gasteiger partial charge on any atom is 0.160 e. The van der Waals surface area contributed by atoms with Crippen molar-refractivity contribution in [3.8, 4) is 5.75 Å². The Morgan fingerprint density at radius 1 is 1.19 bits per heavy atom. The maximum absolute atomic E-state index is 10.8. The lowest BCUT2D eigenvalue weighted by Crippen LogP contribution is -2.12. The first-order chi connectivity index (χ1) is 10.2. The Bertz CT molecular complexity index is 403. The third-order valence-corrected chi connectivity index (χ3v) is 5.40. The van der Waals surface area contributed by atoms with Crippen molar-refractivity contribution in [1.82, 2.24) is 0 Å². The Kier molecular flexibility index (Phi) is 10.0. The predicted molar refractivity (Wildman–Crippen MR) is 94.7 cm³/mol. The average molecular weight is 375 g/mol. The van der Waals surface area contributed by atoms with Gasteiger partial charge in [0.15, 0.2) is 6.29 Å². The maximum atomic E-state index is 10.8. The number of carbonyl (C=O) groups excluding carboxylic acids is 1. The van der Waals surface area contributed by atoms with Gasteiger partial charge in [0.25, 0.3) is 0 Å². The van der Waals surface area contributed by atoms with E-state index in [0.717, 1.165) is 22.4 Å². The molecule has 0 saturated carbocycles. The highest BCUT2D eigenvalue weighted by atomic mass is 79.9. The van der Waals surface area contributed by atoms with Crippen LogP contribution in [-0.4, -0.2) is 12.9 Å². The summed E-state index contributed by atoms with van der Waals surface area (Å²) in [4.78, 5) is 11.5. The fourth-order valence-corrected chi connectivity index (χ4v) is 3.83. The highest BCUT2D eigenvalue weighted by molar-refractivity contribution is 9.11. The summed E-state index contributed by atoms with van der Waals surface area (Å²) >= 11 is 4.90. The van der Waals surface area contributed by atoms with Crippen LogP contribution in [0.5, 0.6) is 5.75 Å². The van der Waals surface area contributed by atoms with Crippen molar-refractivity contribution in [1.29, 1.82) is 0 Å². The minimum Gasteiger partial charge on any atom is -0.491 e. The van der Waals surface area contributed by atoms with Crippen LogP contribution in [0, 0.1) is 5.92 Å². The third-order valence-electron chi connectivity index (χ3n) is 3.70. The van der Waals surface area contributed by atoms with Gasteiger partial charge in [0.1, 0.15) is 9.54 Å². The zero-order chi connectivity index (χ0) is 15.5. The van der Waals surface area contributed by atoms with Gasteiger partial charge in [0, 0.05) is 6.07 Å². The van der Waals surface area contributed by atoms with Crippen molar-refractivity contribution in [2.24, 2.45) is 5.92 Å². The molecule has 120 valence electrons. The second-order valence-corrected chi connectivity index (χ2v) is 7.97. The van der Waals surface area contributed by atoms with Gasteiger partial charge in [-0.25, -0.2) is 0 Å². The molecule has 1 aromatic rings. The number of halogens is 1. The fraction of sp³-hybridized carbons (Fsp3) is 0.706. The second-order valence-electron chi connectivity index (χ2n) is 5.57. The van der Waals surface area contributed by atoms with Crippen LogP contribution < -0.4 is 4.74 Å². The van der Waals surface area contributed by atoms with Crippen molar-refractivity contribution in [3.63, 3.8) is 0 Å². The SMILES string of the molecule is CCCCCCC(CCCC)COc1cc(C=O)sc1Br. The Balaban J connectivity index is 2.42. The van der Waals surface area contributed by atoms with Crippen LogP contribution in [0.1, 0.15) is 74.9 Å². The van der Waals surface area contributed by atoms with Gasteiger partial charge < -0.3 is 4.74 Å². The van der Waals surface area contributed by atoms with E-state index in [1.54, 1.807) is 0 Å². The molecular weight excluding hydrogens is 348 g/mol. The molecule has 0 aromatic carbocycles. The number of thiophene rings is 1. The summed E-state index contributed by atoms with van der Waals surface area (Å²) in [6.07, 6.45) is 11.1. The van der Waals surface area contributed by atoms with E-state index in [-0.39, 0.29) is 0 Å². The van der Waals surface area contributed by atoms with Crippen molar-refractivity contribution >= 4 is 33.6 Å². The first kappa shape index (κ1) is 18.7. The molecule has 0 saturated heterocycles. The van der Waals surface area contributed by atoms with E-state index in [2.05, 4.69) is 29.8 Å². The first-order valence-corrected chi connectivity index (χ1v) is 9.69. The molecule has 0 aliphatic rings. The average Bonchev–Trinajstić information content (AvgIpc) is 2.86. The number of aldehydes is 1. The Labute approximate surface area is 141 Å². The molecule has 4 heteroatoms. The van der Waals surface area contributed by atoms with Gasteiger partial charge >= 0.3 is 0 Å². The van der Waals surface area contributed by atoms with Gasteiger partial charge in [0.2, 0.25) is 0 Å². The van der Waals surface area contributed by atoms with Crippen LogP contribution in [0.4, 0.5) is 0 Å². The van der Waals surface area contributed by atoms with E-state index in [1.165, 1.54) is 62.7 Å². The number of hydrogen-bond acceptors (Lipinski definition) is 3. The number of unbranched alkanes of at least 4 members (excludes halogenated alkanes) is 4. The molecule has 0 spiro atoms. The smallest absolute Gasteiger partial charge is 0.160 e. The summed E-state index contributed by atoms with van der Waals surface area (Å²) in [5, 5.41) is 0. The molecule has 0 radical (unpaired) electrons. The highest BCUT2D eigenvalue weighted by Crippen LogP contribution is 2.34. The van der Waals surface area contributed by atoms with E-state index in [4.69, 9.17) is 4.74 Å². The molecule has 0 amide bonds. The summed E-state index contributed by atoms with van der Waals surface area (Å²) < 4.78 is 6.86. The van der Waals surface area contributed by atoms with Crippen LogP contribution >= 0.6 is 27.3 Å². The van der Waals surface area contributed by atoms with Crippen LogP contribution in [0.3, 0.4) is 0 Å². The van der Waals surface area contributed by atoms with Gasteiger partial charge in [-0.05, 0) is 34.7 Å². The lowest BCUT2D eigenvalue weighted by Gasteiger charge is -2.17. The van der Waals surface area contributed by atoms with Gasteiger partial charge in [-0.2, -0.15) is 0 Å². The summed E-state index contributed by atoms with van der Waals surface area (Å²) in [5.74, 6) is 1.45. The molecule has 1 aromatic heterocycles. The topological polar surface area (TPSA) is 26.3 Å². The largest absolute Gasteiger partial charge is 0.491 e. The number of ether oxygens (including phenoxy) is 1. The number of carbonyl (C=O) groups is 1. The summed E-state index contributed by atoms with van der Waals surface area (Å²) in [5.41, 5.74) is 0. The summed E-state index contributed by atoms with van der Waals surface area (Å²) in [7, 11) is 0. The summed E-state index contributed by atoms with van der Waals surface area (Å²) in [6, 6.07) is 1.83. The molecule has 0 N–H and O–H groups in total. The van der Waals surface area contributed by atoms with E-state index in [0.29, 0.717) is 10.8 Å². The van der Waals surface area contributed by atoms with E-state index in [9.17, 15) is 4.79 Å². The van der Waals surface area contributed by atoms with Crippen molar-refractivity contribution in [2.45, 2.75) is 65.2 Å². The van der Waals surface area contributed by atoms with Gasteiger partial charge in [-0.15, -0.1) is 11.3 Å². The Hall–Kier alpha value is -0.350. The van der Waals surface area contributed by atoms with E-state index in [1.807, 2.05) is 6.07 Å². The van der Waals surface area contributed by atoms with Crippen molar-refractivity contribution in [3.05, 3.63) is 14.7 Å². The van der Waals surface area contributed by atoms with Crippen molar-refractivity contribution < 1.29 is 9.53 Å². The molecule has 1 atom stereocenters. The van der Waals surface area contributed by atoms with Crippen LogP contribution in [0.15, 0.2) is 9.85 Å². The molecule has 0 aliphatic heterocycles. The minimum atomic E-state index is 0.633. The Morgan fingerprint density at radius 3 is 2.52 bits per heavy atom. The molecule has 0 bridgehead atoms. The third kappa shape index (κ3) is 7.46. The predicted octanol–water partition coefficient (Wildman–Crippen LogP) is 6.48. The van der Waals surface area contributed by atoms with Crippen LogP contribution in [0.2, 0.25) is 0 Å². The summed E-state index contributed by atoms with van der Waals surface area (Å²) in [6.45, 7) is 5.25. The highest BCUT2D eigenvalue weighted by Gasteiger charge is 2.12. The molecule has 21 heavy (non-hydrogen) atoms. The normalized spacial score (nSPS) is 12.3. The molecule has 0 aliphatic carbocycles. The first-order valence-electron chi connectivity index (χ1n) is 8.08. The molecule has 1 rings (SSSR count). The zero-order valence-corrected chi connectivity index (χ0v) is 15.6. The number of rotatable bonds is 12. The van der Waals surface area contributed by atoms with E-state index < -0.39 is 0 Å². The van der Waals surface area contributed by atoms with Crippen molar-refractivity contribution in [2.75, 3.05) is 6.61 Å². The van der Waals surface area contributed by atoms with Gasteiger partial charge in [-0.3, -0.25) is 4.79 Å². The standard InChI is InChI=1S/C17H27BrO2S/c1-3-5-7-8-10-14(9-6-4-2)13-20-16-11-15(12-19)21-17(16)18/h11-12,14H,3-10,13H2,1-2H3. The molecule has 1 heterocycles. The minimum absolute atomic E-state index is 0.633. The van der Waals surface area contributed by atoms with E-state index >= 15 is 0 Å².